The lowest BCUT2D eigenvalue weighted by Crippen LogP contribution is -2.50. The normalized spacial score (nSPS) is 16.2. The average molecular weight is 356 g/mol. The number of benzene rings is 1. The van der Waals surface area contributed by atoms with Crippen LogP contribution in [0.15, 0.2) is 24.3 Å². The zero-order valence-corrected chi connectivity index (χ0v) is 14.9. The molecule has 0 radical (unpaired) electrons. The molecule has 1 heterocycles. The van der Waals surface area contributed by atoms with Crippen molar-refractivity contribution in [3.05, 3.63) is 34.7 Å². The van der Waals surface area contributed by atoms with Gasteiger partial charge in [0.1, 0.15) is 10.4 Å². The van der Waals surface area contributed by atoms with Crippen LogP contribution < -0.4 is 5.32 Å². The van der Waals surface area contributed by atoms with Gasteiger partial charge in [-0.3, -0.25) is 4.79 Å². The van der Waals surface area contributed by atoms with Crippen LogP contribution in [-0.2, 0) is 9.53 Å². The number of nitrogens with one attached hydrogen (secondary N) is 1. The molecule has 2 aromatic rings. The Labute approximate surface area is 150 Å². The monoisotopic (exact) mass is 356 g/mol. The number of ether oxygens (including phenoxy) is 1. The fraction of sp³-hybridized carbons (Fsp3) is 0.421. The Hall–Kier alpha value is -2.39. The predicted octanol–water partition coefficient (Wildman–Crippen LogP) is 3.71. The number of fused-ring (bicyclic) bond motifs is 1. The molecule has 0 saturated heterocycles. The summed E-state index contributed by atoms with van der Waals surface area (Å²) in [6.45, 7) is 1.51. The molecule has 0 atom stereocenters. The SMILES string of the molecule is Cc1c(C(=O)OCC(=O)NC2(C#N)CCCCC2)sc2ccccc12. The summed E-state index contributed by atoms with van der Waals surface area (Å²) in [6.07, 6.45) is 4.24. The van der Waals surface area contributed by atoms with Gasteiger partial charge in [0, 0.05) is 4.70 Å². The molecule has 1 aromatic heterocycles. The molecule has 1 amide bonds. The molecule has 0 bridgehead atoms. The topological polar surface area (TPSA) is 79.2 Å². The minimum atomic E-state index is -0.810. The Morgan fingerprint density at radius 3 is 2.68 bits per heavy atom. The first kappa shape index (κ1) is 17.4. The van der Waals surface area contributed by atoms with Crippen LogP contribution in [0.1, 0.15) is 47.3 Å². The summed E-state index contributed by atoms with van der Waals surface area (Å²) in [4.78, 5) is 25.0. The first-order valence-corrected chi connectivity index (χ1v) is 9.24. The van der Waals surface area contributed by atoms with E-state index in [0.29, 0.717) is 17.7 Å². The molecule has 1 aliphatic carbocycles. The highest BCUT2D eigenvalue weighted by Gasteiger charge is 2.33. The second-order valence-corrected chi connectivity index (χ2v) is 7.48. The van der Waals surface area contributed by atoms with E-state index in [1.165, 1.54) is 11.3 Å². The van der Waals surface area contributed by atoms with E-state index < -0.39 is 17.4 Å². The minimum absolute atomic E-state index is 0.365. The van der Waals surface area contributed by atoms with Gasteiger partial charge < -0.3 is 10.1 Å². The van der Waals surface area contributed by atoms with Crippen molar-refractivity contribution in [2.24, 2.45) is 0 Å². The summed E-state index contributed by atoms with van der Waals surface area (Å²) in [5, 5.41) is 13.2. The maximum atomic E-state index is 12.3. The Kier molecular flexibility index (Phi) is 5.05. The second kappa shape index (κ2) is 7.24. The van der Waals surface area contributed by atoms with Crippen molar-refractivity contribution in [3.63, 3.8) is 0 Å². The van der Waals surface area contributed by atoms with Gasteiger partial charge in [-0.1, -0.05) is 37.5 Å². The second-order valence-electron chi connectivity index (χ2n) is 6.43. The van der Waals surface area contributed by atoms with Crippen molar-refractivity contribution in [1.29, 1.82) is 5.26 Å². The van der Waals surface area contributed by atoms with Crippen molar-refractivity contribution in [2.45, 2.75) is 44.6 Å². The first-order chi connectivity index (χ1) is 12.0. The number of amides is 1. The summed E-state index contributed by atoms with van der Waals surface area (Å²) < 4.78 is 6.20. The molecule has 130 valence electrons. The Bertz CT molecular complexity index is 844. The molecule has 1 aromatic carbocycles. The van der Waals surface area contributed by atoms with E-state index in [0.717, 1.165) is 34.9 Å². The van der Waals surface area contributed by atoms with Gasteiger partial charge in [0.2, 0.25) is 0 Å². The molecular formula is C19H20N2O3S. The number of aryl methyl sites for hydroxylation is 1. The number of nitriles is 1. The zero-order chi connectivity index (χ0) is 17.9. The molecular weight excluding hydrogens is 336 g/mol. The highest BCUT2D eigenvalue weighted by molar-refractivity contribution is 7.21. The third kappa shape index (κ3) is 3.67. The molecule has 0 spiro atoms. The number of hydrogen-bond acceptors (Lipinski definition) is 5. The van der Waals surface area contributed by atoms with Gasteiger partial charge in [-0.05, 0) is 36.8 Å². The van der Waals surface area contributed by atoms with Gasteiger partial charge in [-0.15, -0.1) is 11.3 Å². The van der Waals surface area contributed by atoms with Crippen LogP contribution in [0.2, 0.25) is 0 Å². The number of thiophene rings is 1. The van der Waals surface area contributed by atoms with Crippen molar-refractivity contribution in [3.8, 4) is 6.07 Å². The number of carbonyl (C=O) groups is 2. The van der Waals surface area contributed by atoms with E-state index in [1.807, 2.05) is 31.2 Å². The van der Waals surface area contributed by atoms with E-state index in [2.05, 4.69) is 11.4 Å². The summed E-state index contributed by atoms with van der Waals surface area (Å²) in [5.41, 5.74) is 0.0571. The van der Waals surface area contributed by atoms with Gasteiger partial charge in [0.15, 0.2) is 6.61 Å². The third-order valence-corrected chi connectivity index (χ3v) is 5.92. The molecule has 1 N–H and O–H groups in total. The van der Waals surface area contributed by atoms with Gasteiger partial charge in [-0.25, -0.2) is 4.79 Å². The van der Waals surface area contributed by atoms with E-state index >= 15 is 0 Å². The molecule has 25 heavy (non-hydrogen) atoms. The van der Waals surface area contributed by atoms with Crippen molar-refractivity contribution < 1.29 is 14.3 Å². The van der Waals surface area contributed by atoms with Crippen LogP contribution in [-0.4, -0.2) is 24.0 Å². The predicted molar refractivity (Wildman–Crippen MR) is 96.4 cm³/mol. The van der Waals surface area contributed by atoms with E-state index in [-0.39, 0.29) is 6.61 Å². The molecule has 1 saturated carbocycles. The average Bonchev–Trinajstić information content (AvgIpc) is 2.98. The summed E-state index contributed by atoms with van der Waals surface area (Å²) >= 11 is 1.36. The third-order valence-electron chi connectivity index (χ3n) is 4.66. The highest BCUT2D eigenvalue weighted by atomic mass is 32.1. The van der Waals surface area contributed by atoms with E-state index in [1.54, 1.807) is 0 Å². The fourth-order valence-corrected chi connectivity index (χ4v) is 4.39. The molecule has 0 unspecified atom stereocenters. The number of rotatable bonds is 4. The standard InChI is InChI=1S/C19H20N2O3S/c1-13-14-7-3-4-8-15(14)25-17(13)18(23)24-11-16(22)21-19(12-20)9-5-2-6-10-19/h3-4,7-8H,2,5-6,9-11H2,1H3,(H,21,22). The smallest absolute Gasteiger partial charge is 0.349 e. The van der Waals surface area contributed by atoms with Gasteiger partial charge in [0.05, 0.1) is 6.07 Å². The number of nitrogens with zero attached hydrogens (tertiary/aromatic N) is 1. The fourth-order valence-electron chi connectivity index (χ4n) is 3.29. The van der Waals surface area contributed by atoms with E-state index in [4.69, 9.17) is 4.74 Å². The Morgan fingerprint density at radius 1 is 1.28 bits per heavy atom. The van der Waals surface area contributed by atoms with Crippen molar-refractivity contribution in [1.82, 2.24) is 5.32 Å². The molecule has 5 nitrogen and oxygen atoms in total. The van der Waals surface area contributed by atoms with Crippen LogP contribution in [0, 0.1) is 18.3 Å². The zero-order valence-electron chi connectivity index (χ0n) is 14.1. The van der Waals surface area contributed by atoms with Gasteiger partial charge >= 0.3 is 5.97 Å². The lowest BCUT2D eigenvalue weighted by Gasteiger charge is -2.31. The summed E-state index contributed by atoms with van der Waals surface area (Å²) in [5.74, 6) is -0.918. The molecule has 3 rings (SSSR count). The van der Waals surface area contributed by atoms with Crippen LogP contribution >= 0.6 is 11.3 Å². The maximum absolute atomic E-state index is 12.3. The summed E-state index contributed by atoms with van der Waals surface area (Å²) in [6, 6.07) is 9.99. The molecule has 1 fully saturated rings. The van der Waals surface area contributed by atoms with Crippen LogP contribution in [0.25, 0.3) is 10.1 Å². The summed E-state index contributed by atoms with van der Waals surface area (Å²) in [7, 11) is 0. The highest BCUT2D eigenvalue weighted by Crippen LogP contribution is 2.31. The van der Waals surface area contributed by atoms with Gasteiger partial charge in [-0.2, -0.15) is 5.26 Å². The van der Waals surface area contributed by atoms with E-state index in [9.17, 15) is 14.9 Å². The Morgan fingerprint density at radius 2 is 2.00 bits per heavy atom. The lowest BCUT2D eigenvalue weighted by molar-refractivity contribution is -0.125. The van der Waals surface area contributed by atoms with Crippen LogP contribution in [0.5, 0.6) is 0 Å². The first-order valence-electron chi connectivity index (χ1n) is 8.42. The Balaban J connectivity index is 1.62. The largest absolute Gasteiger partial charge is 0.451 e. The number of hydrogen-bond donors (Lipinski definition) is 1. The van der Waals surface area contributed by atoms with Crippen LogP contribution in [0.3, 0.4) is 0 Å². The molecule has 1 aliphatic rings. The molecule has 0 aliphatic heterocycles. The number of esters is 1. The lowest BCUT2D eigenvalue weighted by atomic mass is 9.83. The number of carbonyl (C=O) groups excluding carboxylic acids is 2. The van der Waals surface area contributed by atoms with Gasteiger partial charge in [0.25, 0.3) is 5.91 Å². The van der Waals surface area contributed by atoms with Crippen molar-refractivity contribution >= 4 is 33.3 Å². The minimum Gasteiger partial charge on any atom is -0.451 e. The van der Waals surface area contributed by atoms with Crippen molar-refractivity contribution in [2.75, 3.05) is 6.61 Å². The quantitative estimate of drug-likeness (QED) is 0.847. The molecule has 6 heteroatoms. The maximum Gasteiger partial charge on any atom is 0.349 e. The van der Waals surface area contributed by atoms with Crippen LogP contribution in [0.4, 0.5) is 0 Å².